The highest BCUT2D eigenvalue weighted by Gasteiger charge is 2.18. The number of carbonyl (C=O) groups is 1. The van der Waals surface area contributed by atoms with Crippen molar-refractivity contribution in [3.05, 3.63) is 35.3 Å². The number of hydrogen-bond acceptors (Lipinski definition) is 2. The molecule has 2 rings (SSSR count). The summed E-state index contributed by atoms with van der Waals surface area (Å²) in [4.78, 5) is 14.6. The number of halogens is 2. The summed E-state index contributed by atoms with van der Waals surface area (Å²) in [5, 5.41) is 8.76. The molecule has 1 N–H and O–H groups in total. The Morgan fingerprint density at radius 1 is 1.50 bits per heavy atom. The van der Waals surface area contributed by atoms with Crippen LogP contribution >= 0.6 is 0 Å². The van der Waals surface area contributed by atoms with Crippen LogP contribution in [-0.4, -0.2) is 20.5 Å². The van der Waals surface area contributed by atoms with Crippen molar-refractivity contribution in [2.24, 2.45) is 0 Å². The van der Waals surface area contributed by atoms with Crippen LogP contribution in [0.4, 0.5) is 8.78 Å². The minimum Gasteiger partial charge on any atom is -0.478 e. The van der Waals surface area contributed by atoms with Crippen LogP contribution in [0.3, 0.4) is 0 Å². The summed E-state index contributed by atoms with van der Waals surface area (Å²) in [5.41, 5.74) is 0.209. The van der Waals surface area contributed by atoms with E-state index in [1.807, 2.05) is 0 Å². The van der Waals surface area contributed by atoms with Gasteiger partial charge in [-0.2, -0.15) is 0 Å². The monoisotopic (exact) mass is 226 g/mol. The van der Waals surface area contributed by atoms with Gasteiger partial charge in [-0.15, -0.1) is 0 Å². The normalized spacial score (nSPS) is 11.2. The number of pyridine rings is 1. The quantitative estimate of drug-likeness (QED) is 0.854. The topological polar surface area (TPSA) is 54.6 Å². The highest BCUT2D eigenvalue weighted by atomic mass is 19.3. The lowest BCUT2D eigenvalue weighted by Crippen LogP contribution is -2.01. The molecule has 0 aliphatic carbocycles. The Morgan fingerprint density at radius 2 is 2.19 bits per heavy atom. The molecular weight excluding hydrogens is 218 g/mol. The molecule has 0 radical (unpaired) electrons. The number of aryl methyl sites for hydroxylation is 1. The lowest BCUT2D eigenvalue weighted by molar-refractivity contribution is 0.0696. The Bertz CT molecular complexity index is 563. The Hall–Kier alpha value is -1.98. The first kappa shape index (κ1) is 10.5. The van der Waals surface area contributed by atoms with E-state index in [2.05, 4.69) is 4.98 Å². The molecule has 0 saturated carbocycles. The van der Waals surface area contributed by atoms with Crippen LogP contribution in [-0.2, 0) is 0 Å². The minimum absolute atomic E-state index is 0.0493. The summed E-state index contributed by atoms with van der Waals surface area (Å²) < 4.78 is 26.5. The maximum absolute atomic E-state index is 12.7. The average molecular weight is 226 g/mol. The fourth-order valence-corrected chi connectivity index (χ4v) is 1.57. The standard InChI is InChI=1S/C10H8F2N2O2/c1-5-8(9(11)12)14-4-6(10(15)16)2-3-7(14)13-5/h2-4,9H,1H3,(H,15,16). The van der Waals surface area contributed by atoms with E-state index in [4.69, 9.17) is 5.11 Å². The number of hydrogen-bond donors (Lipinski definition) is 1. The molecule has 0 amide bonds. The van der Waals surface area contributed by atoms with Gasteiger partial charge in [0.15, 0.2) is 0 Å². The van der Waals surface area contributed by atoms with Gasteiger partial charge >= 0.3 is 5.97 Å². The van der Waals surface area contributed by atoms with Gasteiger partial charge in [-0.1, -0.05) is 0 Å². The molecule has 2 heterocycles. The maximum atomic E-state index is 12.7. The SMILES string of the molecule is Cc1nc2ccc(C(=O)O)cn2c1C(F)F. The molecule has 84 valence electrons. The molecule has 0 aliphatic heterocycles. The van der Waals surface area contributed by atoms with E-state index in [9.17, 15) is 13.6 Å². The third-order valence-electron chi connectivity index (χ3n) is 2.29. The number of nitrogens with zero attached hydrogens (tertiary/aromatic N) is 2. The van der Waals surface area contributed by atoms with Crippen molar-refractivity contribution >= 4 is 11.6 Å². The van der Waals surface area contributed by atoms with Crippen LogP contribution < -0.4 is 0 Å². The van der Waals surface area contributed by atoms with Gasteiger partial charge in [0.1, 0.15) is 11.3 Å². The van der Waals surface area contributed by atoms with Crippen LogP contribution in [0.2, 0.25) is 0 Å². The molecule has 16 heavy (non-hydrogen) atoms. The number of alkyl halides is 2. The van der Waals surface area contributed by atoms with Crippen molar-refractivity contribution in [3.8, 4) is 0 Å². The molecule has 0 aromatic carbocycles. The van der Waals surface area contributed by atoms with Crippen LogP contribution in [0.5, 0.6) is 0 Å². The first-order valence-electron chi connectivity index (χ1n) is 4.50. The predicted octanol–water partition coefficient (Wildman–Crippen LogP) is 2.28. The number of carboxylic acids is 1. The third-order valence-corrected chi connectivity index (χ3v) is 2.29. The van der Waals surface area contributed by atoms with Crippen molar-refractivity contribution in [3.63, 3.8) is 0 Å². The zero-order valence-corrected chi connectivity index (χ0v) is 8.32. The Labute approximate surface area is 89.2 Å². The second-order valence-corrected chi connectivity index (χ2v) is 3.33. The van der Waals surface area contributed by atoms with E-state index < -0.39 is 12.4 Å². The van der Waals surface area contributed by atoms with Gasteiger partial charge in [0.2, 0.25) is 0 Å². The Kier molecular flexibility index (Phi) is 2.34. The molecule has 2 aromatic heterocycles. The van der Waals surface area contributed by atoms with Crippen molar-refractivity contribution in [2.45, 2.75) is 13.3 Å². The fourth-order valence-electron chi connectivity index (χ4n) is 1.57. The van der Waals surface area contributed by atoms with Gasteiger partial charge in [0.05, 0.1) is 11.3 Å². The van der Waals surface area contributed by atoms with Gasteiger partial charge in [0, 0.05) is 6.20 Å². The summed E-state index contributed by atoms with van der Waals surface area (Å²) in [6, 6.07) is 2.74. The van der Waals surface area contributed by atoms with Crippen LogP contribution in [0.15, 0.2) is 18.3 Å². The molecule has 6 heteroatoms. The second kappa shape index (κ2) is 3.55. The van der Waals surface area contributed by atoms with E-state index in [0.29, 0.717) is 5.65 Å². The summed E-state index contributed by atoms with van der Waals surface area (Å²) in [7, 11) is 0. The predicted molar refractivity (Wildman–Crippen MR) is 51.8 cm³/mol. The van der Waals surface area contributed by atoms with Crippen molar-refractivity contribution < 1.29 is 18.7 Å². The van der Waals surface area contributed by atoms with E-state index in [0.717, 1.165) is 10.6 Å². The molecule has 0 saturated heterocycles. The first-order chi connectivity index (χ1) is 7.50. The lowest BCUT2D eigenvalue weighted by atomic mass is 10.3. The molecule has 2 aromatic rings. The van der Waals surface area contributed by atoms with Gasteiger partial charge in [0.25, 0.3) is 6.43 Å². The summed E-state index contributed by atoms with van der Waals surface area (Å²) >= 11 is 0. The highest BCUT2D eigenvalue weighted by Crippen LogP contribution is 2.24. The van der Waals surface area contributed by atoms with Crippen molar-refractivity contribution in [1.29, 1.82) is 0 Å². The highest BCUT2D eigenvalue weighted by molar-refractivity contribution is 5.87. The van der Waals surface area contributed by atoms with Crippen LogP contribution in [0, 0.1) is 6.92 Å². The summed E-state index contributed by atoms with van der Waals surface area (Å²) in [6.45, 7) is 1.47. The summed E-state index contributed by atoms with van der Waals surface area (Å²) in [6.07, 6.45) is -1.53. The Balaban J connectivity index is 2.74. The number of aromatic carboxylic acids is 1. The second-order valence-electron chi connectivity index (χ2n) is 3.33. The van der Waals surface area contributed by atoms with Crippen LogP contribution in [0.1, 0.15) is 28.2 Å². The molecule has 0 bridgehead atoms. The van der Waals surface area contributed by atoms with Crippen molar-refractivity contribution in [1.82, 2.24) is 9.38 Å². The number of rotatable bonds is 2. The lowest BCUT2D eigenvalue weighted by Gasteiger charge is -2.02. The third kappa shape index (κ3) is 1.52. The molecule has 4 nitrogen and oxygen atoms in total. The molecule has 0 aliphatic rings. The maximum Gasteiger partial charge on any atom is 0.337 e. The van der Waals surface area contributed by atoms with E-state index in [1.54, 1.807) is 0 Å². The fraction of sp³-hybridized carbons (Fsp3) is 0.200. The van der Waals surface area contributed by atoms with Gasteiger partial charge in [-0.3, -0.25) is 4.40 Å². The zero-order valence-electron chi connectivity index (χ0n) is 8.32. The largest absolute Gasteiger partial charge is 0.478 e. The summed E-state index contributed by atoms with van der Waals surface area (Å²) in [5.74, 6) is -1.16. The number of aromatic nitrogens is 2. The molecular formula is C10H8F2N2O2. The zero-order chi connectivity index (χ0) is 11.9. The van der Waals surface area contributed by atoms with Gasteiger partial charge < -0.3 is 5.11 Å². The molecule has 0 fully saturated rings. The van der Waals surface area contributed by atoms with Crippen LogP contribution in [0.25, 0.3) is 5.65 Å². The minimum atomic E-state index is -2.68. The van der Waals surface area contributed by atoms with Gasteiger partial charge in [-0.25, -0.2) is 18.6 Å². The number of imidazole rings is 1. The number of carboxylic acid groups (broad SMARTS) is 1. The van der Waals surface area contributed by atoms with Gasteiger partial charge in [-0.05, 0) is 19.1 Å². The molecule has 0 atom stereocenters. The molecule has 0 unspecified atom stereocenters. The van der Waals surface area contributed by atoms with Crippen molar-refractivity contribution in [2.75, 3.05) is 0 Å². The van der Waals surface area contributed by atoms with E-state index in [1.165, 1.54) is 19.1 Å². The Morgan fingerprint density at radius 3 is 2.75 bits per heavy atom. The molecule has 0 spiro atoms. The number of fused-ring (bicyclic) bond motifs is 1. The van der Waals surface area contributed by atoms with E-state index >= 15 is 0 Å². The first-order valence-corrected chi connectivity index (χ1v) is 4.50. The smallest absolute Gasteiger partial charge is 0.337 e. The average Bonchev–Trinajstić information content (AvgIpc) is 2.51. The van der Waals surface area contributed by atoms with E-state index in [-0.39, 0.29) is 17.0 Å².